The number of amides is 1. The molecule has 2 aromatic carbocycles. The zero-order chi connectivity index (χ0) is 19.6. The molecule has 0 N–H and O–H groups in total. The molecule has 5 nitrogen and oxygen atoms in total. The monoisotopic (exact) mass is 484 g/mol. The Morgan fingerprint density at radius 3 is 2.37 bits per heavy atom. The second-order valence-electron chi connectivity index (χ2n) is 5.51. The lowest BCUT2D eigenvalue weighted by Crippen LogP contribution is -2.29. The third kappa shape index (κ3) is 4.63. The van der Waals surface area contributed by atoms with Crippen LogP contribution in [0.15, 0.2) is 67.2 Å². The molecule has 1 aliphatic rings. The van der Waals surface area contributed by atoms with Crippen LogP contribution in [0, 0.1) is 0 Å². The van der Waals surface area contributed by atoms with Crippen LogP contribution in [0.2, 0.25) is 5.02 Å². The lowest BCUT2D eigenvalue weighted by molar-refractivity contribution is -0.122. The Bertz CT molecular complexity index is 1030. The van der Waals surface area contributed by atoms with Crippen LogP contribution >= 0.6 is 39.3 Å². The first-order chi connectivity index (χ1) is 12.8. The second kappa shape index (κ2) is 8.18. The summed E-state index contributed by atoms with van der Waals surface area (Å²) < 4.78 is 29.9. The van der Waals surface area contributed by atoms with Gasteiger partial charge in [-0.05, 0) is 66.7 Å². The Morgan fingerprint density at radius 2 is 1.78 bits per heavy atom. The average Bonchev–Trinajstić information content (AvgIpc) is 2.91. The smallest absolute Gasteiger partial charge is 0.284 e. The molecule has 1 saturated heterocycles. The third-order valence-electron chi connectivity index (χ3n) is 3.68. The zero-order valence-corrected chi connectivity index (χ0v) is 18.1. The summed E-state index contributed by atoms with van der Waals surface area (Å²) in [5.74, 6) is -0.268. The molecule has 0 radical (unpaired) electrons. The average molecular weight is 486 g/mol. The summed E-state index contributed by atoms with van der Waals surface area (Å²) in [5, 5.41) is 0.572. The Hall–Kier alpha value is -1.61. The molecular weight excluding hydrogens is 472 g/mol. The van der Waals surface area contributed by atoms with E-state index in [0.717, 1.165) is 21.8 Å². The normalized spacial score (nSPS) is 17.9. The summed E-state index contributed by atoms with van der Waals surface area (Å²) in [7, 11) is -3.95. The summed E-state index contributed by atoms with van der Waals surface area (Å²) >= 11 is 10.2. The van der Waals surface area contributed by atoms with Crippen molar-refractivity contribution in [2.75, 3.05) is 6.54 Å². The van der Waals surface area contributed by atoms with E-state index in [1.165, 1.54) is 29.2 Å². The summed E-state index contributed by atoms with van der Waals surface area (Å²) in [5.41, 5.74) is 0.840. The predicted molar refractivity (Wildman–Crippen MR) is 113 cm³/mol. The fourth-order valence-corrected chi connectivity index (χ4v) is 4.96. The van der Waals surface area contributed by atoms with Crippen molar-refractivity contribution in [3.63, 3.8) is 0 Å². The highest BCUT2D eigenvalue weighted by Crippen LogP contribution is 2.33. The minimum atomic E-state index is -3.95. The van der Waals surface area contributed by atoms with Crippen LogP contribution in [0.5, 0.6) is 0 Å². The van der Waals surface area contributed by atoms with E-state index in [1.54, 1.807) is 13.0 Å². The van der Waals surface area contributed by atoms with E-state index in [0.29, 0.717) is 16.5 Å². The van der Waals surface area contributed by atoms with Crippen LogP contribution in [0.4, 0.5) is 0 Å². The van der Waals surface area contributed by atoms with Gasteiger partial charge in [0, 0.05) is 16.0 Å². The lowest BCUT2D eigenvalue weighted by atomic mass is 10.2. The van der Waals surface area contributed by atoms with E-state index in [4.69, 9.17) is 11.6 Å². The van der Waals surface area contributed by atoms with Crippen molar-refractivity contribution in [1.82, 2.24) is 4.90 Å². The molecule has 0 saturated carbocycles. The molecule has 2 aromatic rings. The van der Waals surface area contributed by atoms with Gasteiger partial charge in [-0.3, -0.25) is 9.69 Å². The molecule has 0 bridgehead atoms. The maximum atomic E-state index is 12.6. The first-order valence-corrected chi connectivity index (χ1v) is 11.3. The molecule has 0 spiro atoms. The van der Waals surface area contributed by atoms with E-state index in [2.05, 4.69) is 20.3 Å². The number of rotatable bonds is 4. The summed E-state index contributed by atoms with van der Waals surface area (Å²) in [4.78, 5) is 14.4. The van der Waals surface area contributed by atoms with Gasteiger partial charge in [0.25, 0.3) is 15.9 Å². The van der Waals surface area contributed by atoms with Gasteiger partial charge in [0.2, 0.25) is 0 Å². The van der Waals surface area contributed by atoms with Gasteiger partial charge in [0.15, 0.2) is 5.17 Å². The van der Waals surface area contributed by atoms with Crippen molar-refractivity contribution in [3.05, 3.63) is 68.5 Å². The quantitative estimate of drug-likeness (QED) is 0.584. The fraction of sp³-hybridized carbons (Fsp3) is 0.111. The van der Waals surface area contributed by atoms with E-state index < -0.39 is 10.0 Å². The Balaban J connectivity index is 1.95. The minimum Gasteiger partial charge on any atom is -0.286 e. The molecule has 1 aliphatic heterocycles. The zero-order valence-electron chi connectivity index (χ0n) is 14.1. The number of sulfonamides is 1. The van der Waals surface area contributed by atoms with Gasteiger partial charge in [-0.1, -0.05) is 39.7 Å². The van der Waals surface area contributed by atoms with E-state index in [-0.39, 0.29) is 16.0 Å². The topological polar surface area (TPSA) is 66.8 Å². The first-order valence-electron chi connectivity index (χ1n) is 7.87. The molecule has 0 atom stereocenters. The largest absolute Gasteiger partial charge is 0.286 e. The fourth-order valence-electron chi connectivity index (χ4n) is 2.33. The standard InChI is InChI=1S/C18H14BrClN2O3S2/c1-2-22-17(23)16(11-12-3-5-13(19)6-4-12)26-18(22)21-27(24,25)15-9-7-14(20)8-10-15/h3-11H,2H2,1H3/b16-11-,21-18-. The molecule has 0 aliphatic carbocycles. The number of carbonyl (C=O) groups excluding carboxylic acids is 1. The molecule has 9 heteroatoms. The van der Waals surface area contributed by atoms with E-state index in [1.807, 2.05) is 24.3 Å². The first kappa shape index (κ1) is 20.1. The number of carbonyl (C=O) groups is 1. The Labute approximate surface area is 175 Å². The highest BCUT2D eigenvalue weighted by atomic mass is 79.9. The van der Waals surface area contributed by atoms with Crippen molar-refractivity contribution in [2.45, 2.75) is 11.8 Å². The summed E-state index contributed by atoms with van der Waals surface area (Å²) in [6, 6.07) is 13.2. The second-order valence-corrected chi connectivity index (χ2v) is 9.48. The van der Waals surface area contributed by atoms with Crippen LogP contribution in [0.25, 0.3) is 6.08 Å². The molecule has 1 amide bonds. The third-order valence-corrected chi connectivity index (χ3v) is 6.87. The molecule has 0 unspecified atom stereocenters. The van der Waals surface area contributed by atoms with Gasteiger partial charge in [0.1, 0.15) is 0 Å². The molecule has 3 rings (SSSR count). The van der Waals surface area contributed by atoms with Gasteiger partial charge in [0.05, 0.1) is 9.80 Å². The molecule has 1 fully saturated rings. The molecule has 1 heterocycles. The van der Waals surface area contributed by atoms with Crippen LogP contribution in [0.3, 0.4) is 0 Å². The maximum absolute atomic E-state index is 12.6. The van der Waals surface area contributed by atoms with Gasteiger partial charge >= 0.3 is 0 Å². The van der Waals surface area contributed by atoms with Gasteiger partial charge in [-0.15, -0.1) is 4.40 Å². The lowest BCUT2D eigenvalue weighted by Gasteiger charge is -2.11. The molecule has 140 valence electrons. The van der Waals surface area contributed by atoms with Crippen LogP contribution in [-0.4, -0.2) is 30.9 Å². The molecule has 0 aromatic heterocycles. The number of thioether (sulfide) groups is 1. The minimum absolute atomic E-state index is 0.0221. The van der Waals surface area contributed by atoms with Crippen LogP contribution < -0.4 is 0 Å². The number of benzene rings is 2. The summed E-state index contributed by atoms with van der Waals surface area (Å²) in [6.07, 6.45) is 1.72. The number of halogens is 2. The van der Waals surface area contributed by atoms with Crippen molar-refractivity contribution in [3.8, 4) is 0 Å². The molecular formula is C18H14BrClN2O3S2. The Morgan fingerprint density at radius 1 is 1.15 bits per heavy atom. The predicted octanol–water partition coefficient (Wildman–Crippen LogP) is 4.78. The number of likely N-dealkylation sites (N-methyl/N-ethyl adjacent to an activating group) is 1. The maximum Gasteiger partial charge on any atom is 0.284 e. The van der Waals surface area contributed by atoms with Crippen molar-refractivity contribution in [2.24, 2.45) is 4.40 Å². The number of hydrogen-bond acceptors (Lipinski definition) is 4. The van der Waals surface area contributed by atoms with Gasteiger partial charge < -0.3 is 0 Å². The van der Waals surface area contributed by atoms with Gasteiger partial charge in [-0.25, -0.2) is 0 Å². The van der Waals surface area contributed by atoms with Crippen molar-refractivity contribution in [1.29, 1.82) is 0 Å². The number of amidine groups is 1. The van der Waals surface area contributed by atoms with E-state index in [9.17, 15) is 13.2 Å². The van der Waals surface area contributed by atoms with Crippen molar-refractivity contribution < 1.29 is 13.2 Å². The number of nitrogens with zero attached hydrogens (tertiary/aromatic N) is 2. The summed E-state index contributed by atoms with van der Waals surface area (Å²) in [6.45, 7) is 2.09. The van der Waals surface area contributed by atoms with Crippen LogP contribution in [0.1, 0.15) is 12.5 Å². The Kier molecular flexibility index (Phi) is 6.10. The molecule has 27 heavy (non-hydrogen) atoms. The van der Waals surface area contributed by atoms with E-state index >= 15 is 0 Å². The number of hydrogen-bond donors (Lipinski definition) is 0. The van der Waals surface area contributed by atoms with Crippen LogP contribution in [-0.2, 0) is 14.8 Å². The SMILES string of the molecule is CCN1C(=O)/C(=C/c2ccc(Br)cc2)S/C1=N\S(=O)(=O)c1ccc(Cl)cc1. The van der Waals surface area contributed by atoms with Crippen molar-refractivity contribution >= 4 is 66.5 Å². The highest BCUT2D eigenvalue weighted by molar-refractivity contribution is 9.10. The highest BCUT2D eigenvalue weighted by Gasteiger charge is 2.34. The van der Waals surface area contributed by atoms with Gasteiger partial charge in [-0.2, -0.15) is 8.42 Å².